The Morgan fingerprint density at radius 1 is 1.23 bits per heavy atom. The number of hydrogen-bond acceptors (Lipinski definition) is 3. The van der Waals surface area contributed by atoms with Crippen LogP contribution in [0.4, 0.5) is 11.4 Å². The lowest BCUT2D eigenvalue weighted by Crippen LogP contribution is -2.23. The van der Waals surface area contributed by atoms with E-state index in [0.717, 1.165) is 5.69 Å². The van der Waals surface area contributed by atoms with Crippen LogP contribution >= 0.6 is 0 Å². The van der Waals surface area contributed by atoms with E-state index >= 15 is 0 Å². The minimum absolute atomic E-state index is 0.158. The van der Waals surface area contributed by atoms with Gasteiger partial charge < -0.3 is 16.5 Å². The number of aromatic amines is 1. The normalized spacial score (nSPS) is 11.6. The van der Waals surface area contributed by atoms with Crippen LogP contribution < -0.4 is 17.0 Å². The predicted molar refractivity (Wildman–Crippen MR) is 54.6 cm³/mol. The highest BCUT2D eigenvalue weighted by molar-refractivity contribution is 5.54. The first-order valence-electron chi connectivity index (χ1n) is 4.11. The zero-order chi connectivity index (χ0) is 10.2. The summed E-state index contributed by atoms with van der Waals surface area (Å²) in [4.78, 5) is 13.9. The monoisotopic (exact) mass is 181 g/mol. The highest BCUT2D eigenvalue weighted by atomic mass is 16.1. The minimum atomic E-state index is -0.279. The van der Waals surface area contributed by atoms with Crippen LogP contribution in [0, 0.1) is 0 Å². The summed E-state index contributed by atoms with van der Waals surface area (Å²) in [7, 11) is 0. The second kappa shape index (κ2) is 2.80. The summed E-state index contributed by atoms with van der Waals surface area (Å²) >= 11 is 0. The fourth-order valence-electron chi connectivity index (χ4n) is 1.18. The van der Waals surface area contributed by atoms with Gasteiger partial charge in [-0.15, -0.1) is 0 Å². The Morgan fingerprint density at radius 2 is 1.77 bits per heavy atom. The van der Waals surface area contributed by atoms with Gasteiger partial charge in [0.05, 0.1) is 11.4 Å². The van der Waals surface area contributed by atoms with E-state index in [2.05, 4.69) is 4.98 Å². The lowest BCUT2D eigenvalue weighted by atomic mass is 9.90. The molecule has 13 heavy (non-hydrogen) atoms. The Labute approximate surface area is 77.0 Å². The molecule has 0 fully saturated rings. The van der Waals surface area contributed by atoms with Crippen LogP contribution in [0.25, 0.3) is 0 Å². The molecule has 0 bridgehead atoms. The van der Waals surface area contributed by atoms with Crippen LogP contribution in [0.15, 0.2) is 10.9 Å². The maximum atomic E-state index is 11.2. The van der Waals surface area contributed by atoms with Crippen LogP contribution in [0.5, 0.6) is 0 Å². The molecule has 0 amide bonds. The lowest BCUT2D eigenvalue weighted by Gasteiger charge is -2.20. The van der Waals surface area contributed by atoms with Gasteiger partial charge in [0.2, 0.25) is 0 Å². The van der Waals surface area contributed by atoms with Crippen molar-refractivity contribution in [2.24, 2.45) is 0 Å². The Bertz CT molecular complexity index is 373. The lowest BCUT2D eigenvalue weighted by molar-refractivity contribution is 0.570. The van der Waals surface area contributed by atoms with Gasteiger partial charge in [0.15, 0.2) is 0 Å². The number of hydrogen-bond donors (Lipinski definition) is 3. The fraction of sp³-hybridized carbons (Fsp3) is 0.444. The topological polar surface area (TPSA) is 84.9 Å². The van der Waals surface area contributed by atoms with E-state index in [0.29, 0.717) is 5.69 Å². The molecule has 1 aromatic rings. The molecular weight excluding hydrogens is 166 g/mol. The van der Waals surface area contributed by atoms with Crippen molar-refractivity contribution >= 4 is 11.4 Å². The van der Waals surface area contributed by atoms with Gasteiger partial charge in [0.1, 0.15) is 0 Å². The number of nitrogens with two attached hydrogens (primary N) is 2. The van der Waals surface area contributed by atoms with Crippen LogP contribution in [-0.2, 0) is 5.41 Å². The summed E-state index contributed by atoms with van der Waals surface area (Å²) in [6, 6.07) is 1.50. The van der Waals surface area contributed by atoms with Crippen molar-refractivity contribution < 1.29 is 0 Å². The molecule has 1 rings (SSSR count). The molecule has 0 aromatic carbocycles. The molecule has 1 heterocycles. The number of nitrogen functional groups attached to an aromatic ring is 2. The first-order chi connectivity index (χ1) is 5.82. The molecule has 0 saturated carbocycles. The standard InChI is InChI=1S/C9H15N3O/c1-9(2,3)7-5(10)4-6(11)8(13)12-7/h4H,10-11H2,1-3H3,(H,12,13). The second-order valence-electron chi connectivity index (χ2n) is 4.13. The maximum absolute atomic E-state index is 11.2. The van der Waals surface area contributed by atoms with Gasteiger partial charge in [-0.2, -0.15) is 0 Å². The van der Waals surface area contributed by atoms with Crippen molar-refractivity contribution in [1.82, 2.24) is 4.98 Å². The van der Waals surface area contributed by atoms with Crippen molar-refractivity contribution in [2.45, 2.75) is 26.2 Å². The molecule has 0 radical (unpaired) electrons. The van der Waals surface area contributed by atoms with Crippen molar-refractivity contribution in [3.63, 3.8) is 0 Å². The van der Waals surface area contributed by atoms with Gasteiger partial charge in [0, 0.05) is 11.1 Å². The van der Waals surface area contributed by atoms with Crippen molar-refractivity contribution in [3.8, 4) is 0 Å². The summed E-state index contributed by atoms with van der Waals surface area (Å²) in [5.74, 6) is 0. The average molecular weight is 181 g/mol. The van der Waals surface area contributed by atoms with E-state index in [9.17, 15) is 4.79 Å². The first-order valence-corrected chi connectivity index (χ1v) is 4.11. The minimum Gasteiger partial charge on any atom is -0.397 e. The van der Waals surface area contributed by atoms with Gasteiger partial charge in [-0.05, 0) is 6.07 Å². The summed E-state index contributed by atoms with van der Waals surface area (Å²) in [5, 5.41) is 0. The largest absolute Gasteiger partial charge is 0.397 e. The number of aromatic nitrogens is 1. The van der Waals surface area contributed by atoms with Gasteiger partial charge in [-0.25, -0.2) is 0 Å². The zero-order valence-electron chi connectivity index (χ0n) is 8.14. The molecule has 0 unspecified atom stereocenters. The van der Waals surface area contributed by atoms with Crippen molar-refractivity contribution in [2.75, 3.05) is 11.5 Å². The summed E-state index contributed by atoms with van der Waals surface area (Å²) < 4.78 is 0. The highest BCUT2D eigenvalue weighted by Gasteiger charge is 2.18. The molecule has 4 heteroatoms. The maximum Gasteiger partial charge on any atom is 0.271 e. The summed E-state index contributed by atoms with van der Waals surface area (Å²) in [6.45, 7) is 5.93. The third kappa shape index (κ3) is 1.83. The van der Waals surface area contributed by atoms with Crippen molar-refractivity contribution in [1.29, 1.82) is 0 Å². The molecular formula is C9H15N3O. The van der Waals surface area contributed by atoms with E-state index in [1.807, 2.05) is 20.8 Å². The second-order valence-corrected chi connectivity index (χ2v) is 4.13. The third-order valence-electron chi connectivity index (χ3n) is 1.85. The van der Waals surface area contributed by atoms with Crippen LogP contribution in [0.1, 0.15) is 26.5 Å². The average Bonchev–Trinajstić information content (AvgIpc) is 1.94. The van der Waals surface area contributed by atoms with Crippen LogP contribution in [-0.4, -0.2) is 4.98 Å². The molecule has 0 aliphatic rings. The molecule has 4 nitrogen and oxygen atoms in total. The van der Waals surface area contributed by atoms with E-state index in [1.165, 1.54) is 6.07 Å². The highest BCUT2D eigenvalue weighted by Crippen LogP contribution is 2.24. The Kier molecular flexibility index (Phi) is 2.07. The molecule has 0 saturated heterocycles. The fourth-order valence-corrected chi connectivity index (χ4v) is 1.18. The summed E-state index contributed by atoms with van der Waals surface area (Å²) in [5.41, 5.74) is 12.1. The van der Waals surface area contributed by atoms with Crippen LogP contribution in [0.2, 0.25) is 0 Å². The van der Waals surface area contributed by atoms with E-state index in [-0.39, 0.29) is 16.7 Å². The molecule has 0 spiro atoms. The molecule has 0 atom stereocenters. The predicted octanol–water partition coefficient (Wildman–Crippen LogP) is 0.837. The van der Waals surface area contributed by atoms with Gasteiger partial charge in [-0.1, -0.05) is 20.8 Å². The van der Waals surface area contributed by atoms with Gasteiger partial charge >= 0.3 is 0 Å². The number of anilines is 2. The van der Waals surface area contributed by atoms with Crippen LogP contribution in [0.3, 0.4) is 0 Å². The Balaban J connectivity index is 3.41. The Hall–Kier alpha value is -1.45. The molecule has 72 valence electrons. The first kappa shape index (κ1) is 9.64. The van der Waals surface area contributed by atoms with Gasteiger partial charge in [0.25, 0.3) is 5.56 Å². The van der Waals surface area contributed by atoms with E-state index in [4.69, 9.17) is 11.5 Å². The molecule has 1 aromatic heterocycles. The number of pyridine rings is 1. The zero-order valence-corrected chi connectivity index (χ0v) is 8.14. The Morgan fingerprint density at radius 3 is 2.23 bits per heavy atom. The third-order valence-corrected chi connectivity index (χ3v) is 1.85. The SMILES string of the molecule is CC(C)(C)c1[nH]c(=O)c(N)cc1N. The summed E-state index contributed by atoms with van der Waals surface area (Å²) in [6.07, 6.45) is 0. The number of nitrogens with one attached hydrogen (secondary N) is 1. The van der Waals surface area contributed by atoms with E-state index in [1.54, 1.807) is 0 Å². The smallest absolute Gasteiger partial charge is 0.271 e. The molecule has 0 aliphatic heterocycles. The number of H-pyrrole nitrogens is 1. The van der Waals surface area contributed by atoms with Crippen molar-refractivity contribution in [3.05, 3.63) is 22.1 Å². The molecule has 0 aliphatic carbocycles. The molecule has 5 N–H and O–H groups in total. The number of rotatable bonds is 0. The quantitative estimate of drug-likeness (QED) is 0.554. The van der Waals surface area contributed by atoms with E-state index < -0.39 is 0 Å². The van der Waals surface area contributed by atoms with Gasteiger partial charge in [-0.3, -0.25) is 4.79 Å².